The summed E-state index contributed by atoms with van der Waals surface area (Å²) in [6.07, 6.45) is 4.50. The second kappa shape index (κ2) is 11.6. The van der Waals surface area contributed by atoms with Gasteiger partial charge in [0, 0.05) is 25.4 Å². The van der Waals surface area contributed by atoms with Crippen molar-refractivity contribution in [1.82, 2.24) is 9.88 Å². The molecule has 0 saturated heterocycles. The van der Waals surface area contributed by atoms with Crippen molar-refractivity contribution < 1.29 is 13.2 Å². The van der Waals surface area contributed by atoms with E-state index in [2.05, 4.69) is 23.7 Å². The van der Waals surface area contributed by atoms with Crippen LogP contribution in [0.5, 0.6) is 0 Å². The number of halogens is 1. The average Bonchev–Trinajstić information content (AvgIpc) is 3.19. The maximum absolute atomic E-state index is 13.1. The van der Waals surface area contributed by atoms with E-state index in [4.69, 9.17) is 0 Å². The van der Waals surface area contributed by atoms with Gasteiger partial charge in [0.2, 0.25) is 0 Å². The Morgan fingerprint density at radius 1 is 1.03 bits per heavy atom. The summed E-state index contributed by atoms with van der Waals surface area (Å²) in [6.45, 7) is 7.11. The number of nitrogens with zero attached hydrogens (tertiary/aromatic N) is 3. The minimum absolute atomic E-state index is 0. The summed E-state index contributed by atoms with van der Waals surface area (Å²) in [7, 11) is -3.42. The van der Waals surface area contributed by atoms with Crippen molar-refractivity contribution in [1.29, 1.82) is 0 Å². The molecule has 32 heavy (non-hydrogen) atoms. The van der Waals surface area contributed by atoms with Crippen LogP contribution in [0.15, 0.2) is 59.5 Å². The lowest BCUT2D eigenvalue weighted by atomic mass is 10.2. The molecule has 0 unspecified atom stereocenters. The number of rotatable bonds is 9. The smallest absolute Gasteiger partial charge is 0.252 e. The lowest BCUT2D eigenvalue weighted by Crippen LogP contribution is -2.38. The molecule has 172 valence electrons. The lowest BCUT2D eigenvalue weighted by Gasteiger charge is -2.23. The summed E-state index contributed by atoms with van der Waals surface area (Å²) in [5.74, 6) is -0.184. The third kappa shape index (κ3) is 6.38. The second-order valence-corrected chi connectivity index (χ2v) is 10.1. The fraction of sp³-hybridized carbons (Fsp3) is 0.304. The van der Waals surface area contributed by atoms with Gasteiger partial charge in [-0.25, -0.2) is 13.4 Å². The molecule has 0 fully saturated rings. The summed E-state index contributed by atoms with van der Waals surface area (Å²) in [6, 6.07) is 14.7. The van der Waals surface area contributed by atoms with Gasteiger partial charge in [-0.3, -0.25) is 9.69 Å². The van der Waals surface area contributed by atoms with E-state index >= 15 is 0 Å². The number of para-hydroxylation sites is 1. The van der Waals surface area contributed by atoms with Gasteiger partial charge in [0.05, 0.1) is 9.60 Å². The molecule has 0 bridgehead atoms. The minimum Gasteiger partial charge on any atom is -0.302 e. The van der Waals surface area contributed by atoms with Crippen LogP contribution in [0.1, 0.15) is 19.4 Å². The summed E-state index contributed by atoms with van der Waals surface area (Å²) in [4.78, 5) is 21.8. The molecule has 0 N–H and O–H groups in total. The molecular weight excluding hydrogens is 466 g/mol. The topological polar surface area (TPSA) is 70.6 Å². The predicted molar refractivity (Wildman–Crippen MR) is 136 cm³/mol. The van der Waals surface area contributed by atoms with Crippen molar-refractivity contribution in [3.63, 3.8) is 0 Å². The molecule has 0 aliphatic heterocycles. The average molecular weight is 494 g/mol. The molecule has 0 atom stereocenters. The number of carbonyl (C=O) groups is 1. The molecular formula is C23H28ClN3O3S2. The molecule has 1 heterocycles. The maximum atomic E-state index is 13.1. The number of thiazole rings is 1. The summed E-state index contributed by atoms with van der Waals surface area (Å²) < 4.78 is 25.1. The molecule has 0 spiro atoms. The molecule has 3 rings (SSSR count). The van der Waals surface area contributed by atoms with Crippen LogP contribution in [0.25, 0.3) is 16.3 Å². The number of sulfone groups is 1. The first-order valence-electron chi connectivity index (χ1n) is 10.2. The van der Waals surface area contributed by atoms with Crippen LogP contribution in [0, 0.1) is 0 Å². The van der Waals surface area contributed by atoms with Crippen LogP contribution in [0.2, 0.25) is 0 Å². The number of hydrogen-bond acceptors (Lipinski definition) is 6. The zero-order chi connectivity index (χ0) is 22.4. The number of fused-ring (bicyclic) bond motifs is 1. The van der Waals surface area contributed by atoms with Crippen LogP contribution in [-0.4, -0.2) is 56.6 Å². The van der Waals surface area contributed by atoms with E-state index in [0.29, 0.717) is 23.7 Å². The first-order chi connectivity index (χ1) is 14.8. The monoisotopic (exact) mass is 493 g/mol. The van der Waals surface area contributed by atoms with Crippen LogP contribution in [-0.2, 0) is 14.6 Å². The van der Waals surface area contributed by atoms with Crippen molar-refractivity contribution in [3.05, 3.63) is 60.2 Å². The molecule has 9 heteroatoms. The van der Waals surface area contributed by atoms with E-state index in [1.54, 1.807) is 29.2 Å². The second-order valence-electron chi connectivity index (χ2n) is 7.13. The first-order valence-corrected chi connectivity index (χ1v) is 12.9. The predicted octanol–water partition coefficient (Wildman–Crippen LogP) is 4.51. The highest BCUT2D eigenvalue weighted by atomic mass is 35.5. The Bertz CT molecular complexity index is 1170. The maximum Gasteiger partial charge on any atom is 0.252 e. The van der Waals surface area contributed by atoms with E-state index in [-0.39, 0.29) is 23.2 Å². The van der Waals surface area contributed by atoms with Gasteiger partial charge in [-0.1, -0.05) is 61.6 Å². The van der Waals surface area contributed by atoms with Gasteiger partial charge in [-0.05, 0) is 36.9 Å². The van der Waals surface area contributed by atoms with Crippen LogP contribution >= 0.6 is 23.7 Å². The van der Waals surface area contributed by atoms with Gasteiger partial charge in [0.1, 0.15) is 5.52 Å². The highest BCUT2D eigenvalue weighted by molar-refractivity contribution is 7.91. The third-order valence-corrected chi connectivity index (χ3v) is 7.19. The number of hydrogen-bond donors (Lipinski definition) is 0. The molecule has 1 aromatic heterocycles. The van der Waals surface area contributed by atoms with E-state index in [1.165, 1.54) is 17.6 Å². The Labute approximate surface area is 199 Å². The number of likely N-dealkylation sites (N-methyl/N-ethyl adjacent to an activating group) is 1. The van der Waals surface area contributed by atoms with Crippen LogP contribution in [0.4, 0.5) is 5.13 Å². The molecule has 0 saturated carbocycles. The normalized spacial score (nSPS) is 11.8. The van der Waals surface area contributed by atoms with E-state index in [1.807, 2.05) is 36.4 Å². The molecule has 0 radical (unpaired) electrons. The summed E-state index contributed by atoms with van der Waals surface area (Å²) in [5.41, 5.74) is 1.35. The number of anilines is 1. The Kier molecular flexibility index (Phi) is 9.39. The Balaban J connectivity index is 0.00000363. The fourth-order valence-electron chi connectivity index (χ4n) is 3.23. The molecule has 0 aliphatic carbocycles. The summed E-state index contributed by atoms with van der Waals surface area (Å²) >= 11 is 1.33. The SMILES string of the molecule is CCN(CC)CCN(C(=O)C=Cc1ccccc1)c1nc2c(S(C)(=O)=O)cccc2s1.Cl. The van der Waals surface area contributed by atoms with Gasteiger partial charge in [-0.15, -0.1) is 12.4 Å². The quantitative estimate of drug-likeness (QED) is 0.410. The van der Waals surface area contributed by atoms with Crippen molar-refractivity contribution >= 4 is 60.9 Å². The van der Waals surface area contributed by atoms with E-state index < -0.39 is 9.84 Å². The fourth-order valence-corrected chi connectivity index (χ4v) is 5.15. The first kappa shape index (κ1) is 26.0. The molecule has 2 aromatic carbocycles. The molecule has 6 nitrogen and oxygen atoms in total. The Morgan fingerprint density at radius 2 is 1.72 bits per heavy atom. The van der Waals surface area contributed by atoms with E-state index in [9.17, 15) is 13.2 Å². The highest BCUT2D eigenvalue weighted by Crippen LogP contribution is 2.32. The van der Waals surface area contributed by atoms with Gasteiger partial charge in [0.25, 0.3) is 5.91 Å². The van der Waals surface area contributed by atoms with Crippen molar-refractivity contribution in [3.8, 4) is 0 Å². The number of benzene rings is 2. The van der Waals surface area contributed by atoms with Crippen LogP contribution < -0.4 is 4.90 Å². The van der Waals surface area contributed by atoms with Gasteiger partial charge in [0.15, 0.2) is 15.0 Å². The van der Waals surface area contributed by atoms with E-state index in [0.717, 1.165) is 23.4 Å². The van der Waals surface area contributed by atoms with Crippen molar-refractivity contribution in [2.45, 2.75) is 18.7 Å². The van der Waals surface area contributed by atoms with Crippen molar-refractivity contribution in [2.75, 3.05) is 37.3 Å². The number of amides is 1. The minimum atomic E-state index is -3.42. The molecule has 3 aromatic rings. The largest absolute Gasteiger partial charge is 0.302 e. The van der Waals surface area contributed by atoms with Crippen molar-refractivity contribution in [2.24, 2.45) is 0 Å². The van der Waals surface area contributed by atoms with Gasteiger partial charge < -0.3 is 4.90 Å². The van der Waals surface area contributed by atoms with Gasteiger partial charge >= 0.3 is 0 Å². The van der Waals surface area contributed by atoms with Crippen LogP contribution in [0.3, 0.4) is 0 Å². The zero-order valence-electron chi connectivity index (χ0n) is 18.4. The zero-order valence-corrected chi connectivity index (χ0v) is 20.8. The molecule has 0 aliphatic rings. The number of carbonyl (C=O) groups excluding carboxylic acids is 1. The Morgan fingerprint density at radius 3 is 2.34 bits per heavy atom. The van der Waals surface area contributed by atoms with Gasteiger partial charge in [-0.2, -0.15) is 0 Å². The molecule has 1 amide bonds. The standard InChI is InChI=1S/C23H27N3O3S2.ClH/c1-4-25(5-2)16-17-26(21(27)15-14-18-10-7-6-8-11-18)23-24-22-19(30-23)12-9-13-20(22)31(3,28)29;/h6-15H,4-5,16-17H2,1-3H3;1H. The Hall–Kier alpha value is -2.26. The third-order valence-electron chi connectivity index (χ3n) is 5.02. The summed E-state index contributed by atoms with van der Waals surface area (Å²) in [5, 5.41) is 0.501. The lowest BCUT2D eigenvalue weighted by molar-refractivity contribution is -0.114. The highest BCUT2D eigenvalue weighted by Gasteiger charge is 2.21. The number of aromatic nitrogens is 1.